The highest BCUT2D eigenvalue weighted by molar-refractivity contribution is 6.46. The van der Waals surface area contributed by atoms with Gasteiger partial charge in [0.15, 0.2) is 0 Å². The molecule has 0 radical (unpaired) electrons. The van der Waals surface area contributed by atoms with E-state index < -0.39 is 5.91 Å². The minimum absolute atomic E-state index is 0.0819. The van der Waals surface area contributed by atoms with Gasteiger partial charge < -0.3 is 21.7 Å². The monoisotopic (exact) mass is 277 g/mol. The molecule has 1 aliphatic carbocycles. The van der Waals surface area contributed by atoms with E-state index in [-0.39, 0.29) is 22.5 Å². The van der Waals surface area contributed by atoms with Crippen molar-refractivity contribution < 1.29 is 4.79 Å². The van der Waals surface area contributed by atoms with Gasteiger partial charge in [0.05, 0.1) is 28.2 Å². The zero-order valence-electron chi connectivity index (χ0n) is 10.1. The molecule has 98 valence electrons. The highest BCUT2D eigenvalue weighted by Gasteiger charge is 2.40. The first kappa shape index (κ1) is 11.9. The van der Waals surface area contributed by atoms with Gasteiger partial charge in [-0.2, -0.15) is 0 Å². The van der Waals surface area contributed by atoms with E-state index in [2.05, 4.69) is 5.32 Å². The Kier molecular flexibility index (Phi) is 2.27. The number of hydrogen-bond donors (Lipinski definition) is 4. The minimum atomic E-state index is -0.579. The van der Waals surface area contributed by atoms with Gasteiger partial charge >= 0.3 is 0 Å². The van der Waals surface area contributed by atoms with Crippen LogP contribution in [0.15, 0.2) is 45.5 Å². The molecular formula is C12H12ClN5O. The van der Waals surface area contributed by atoms with E-state index in [9.17, 15) is 4.79 Å². The van der Waals surface area contributed by atoms with E-state index >= 15 is 0 Å². The fourth-order valence-corrected chi connectivity index (χ4v) is 2.79. The van der Waals surface area contributed by atoms with Crippen molar-refractivity contribution in [3.8, 4) is 0 Å². The molecule has 6 nitrogen and oxygen atoms in total. The first-order valence-corrected chi connectivity index (χ1v) is 6.01. The first-order chi connectivity index (χ1) is 8.91. The van der Waals surface area contributed by atoms with E-state index in [0.717, 1.165) is 11.1 Å². The third kappa shape index (κ3) is 1.43. The summed E-state index contributed by atoms with van der Waals surface area (Å²) < 4.78 is 0. The highest BCUT2D eigenvalue weighted by atomic mass is 35.5. The van der Waals surface area contributed by atoms with Crippen molar-refractivity contribution in [3.63, 3.8) is 0 Å². The molecule has 0 aromatic carbocycles. The average molecular weight is 278 g/mol. The molecule has 2 aliphatic heterocycles. The number of allylic oxidation sites excluding steroid dienone is 2. The lowest BCUT2D eigenvalue weighted by Gasteiger charge is -2.32. The topological polar surface area (TPSA) is 108 Å². The maximum absolute atomic E-state index is 11.3. The van der Waals surface area contributed by atoms with Crippen molar-refractivity contribution >= 4 is 23.2 Å². The van der Waals surface area contributed by atoms with Gasteiger partial charge in [-0.15, -0.1) is 0 Å². The fraction of sp³-hybridized carbons (Fsp3) is 0.167. The van der Waals surface area contributed by atoms with Crippen LogP contribution in [0.4, 0.5) is 0 Å². The summed E-state index contributed by atoms with van der Waals surface area (Å²) in [6.07, 6.45) is 3.52. The van der Waals surface area contributed by atoms with E-state index in [1.165, 1.54) is 0 Å². The minimum Gasteiger partial charge on any atom is -0.399 e. The highest BCUT2D eigenvalue weighted by Crippen LogP contribution is 2.40. The van der Waals surface area contributed by atoms with Crippen LogP contribution in [0.25, 0.3) is 0 Å². The summed E-state index contributed by atoms with van der Waals surface area (Å²) in [4.78, 5) is 13.2. The van der Waals surface area contributed by atoms with Crippen LogP contribution in [0, 0.1) is 5.41 Å². The number of carbonyl (C=O) groups excluding carboxylic acids is 1. The van der Waals surface area contributed by atoms with Crippen molar-refractivity contribution in [3.05, 3.63) is 45.5 Å². The number of amides is 1. The number of primary amides is 1. The zero-order chi connectivity index (χ0) is 13.9. The van der Waals surface area contributed by atoms with Gasteiger partial charge in [0.1, 0.15) is 5.70 Å². The number of dihydropyridines is 1. The average Bonchev–Trinajstić information content (AvgIpc) is 2.69. The molecule has 0 aromatic heterocycles. The smallest absolute Gasteiger partial charge is 0.265 e. The number of nitrogens with zero attached hydrogens (tertiary/aromatic N) is 1. The maximum Gasteiger partial charge on any atom is 0.265 e. The zero-order valence-corrected chi connectivity index (χ0v) is 10.9. The Balaban J connectivity index is 2.18. The lowest BCUT2D eigenvalue weighted by molar-refractivity contribution is -0.114. The standard InChI is InChI=1S/C12H12ClN5O/c1-18-3-4-2-5(12(16)19)17-10-6(4)11(18)9(15)7(13)8(10)14/h2-3,11,14,17H,15H2,1H3,(H2,16,19). The van der Waals surface area contributed by atoms with Gasteiger partial charge in [-0.25, -0.2) is 0 Å². The van der Waals surface area contributed by atoms with Gasteiger partial charge in [-0.3, -0.25) is 10.2 Å². The van der Waals surface area contributed by atoms with E-state index in [1.54, 1.807) is 6.08 Å². The van der Waals surface area contributed by atoms with Crippen LogP contribution in [0.1, 0.15) is 0 Å². The molecule has 19 heavy (non-hydrogen) atoms. The number of hydrogen-bond acceptors (Lipinski definition) is 5. The molecule has 0 saturated carbocycles. The molecule has 3 aliphatic rings. The molecular weight excluding hydrogens is 266 g/mol. The number of nitrogens with two attached hydrogens (primary N) is 2. The largest absolute Gasteiger partial charge is 0.399 e. The second-order valence-corrected chi connectivity index (χ2v) is 5.01. The Bertz CT molecular complexity index is 655. The third-order valence-electron chi connectivity index (χ3n) is 3.45. The van der Waals surface area contributed by atoms with Gasteiger partial charge in [-0.05, 0) is 6.08 Å². The van der Waals surface area contributed by atoms with Crippen LogP contribution in [-0.4, -0.2) is 29.6 Å². The Morgan fingerprint density at radius 3 is 2.89 bits per heavy atom. The van der Waals surface area contributed by atoms with Gasteiger partial charge in [-0.1, -0.05) is 11.6 Å². The van der Waals surface area contributed by atoms with Crippen molar-refractivity contribution in [2.45, 2.75) is 6.04 Å². The number of halogens is 1. The molecule has 0 aromatic rings. The summed E-state index contributed by atoms with van der Waals surface area (Å²) in [5.74, 6) is -0.579. The third-order valence-corrected chi connectivity index (χ3v) is 3.85. The van der Waals surface area contributed by atoms with E-state index in [1.807, 2.05) is 18.1 Å². The number of carbonyl (C=O) groups is 1. The molecule has 0 fully saturated rings. The lowest BCUT2D eigenvalue weighted by atomic mass is 9.88. The summed E-state index contributed by atoms with van der Waals surface area (Å²) in [6, 6.07) is -0.204. The normalized spacial score (nSPS) is 25.1. The predicted octanol–water partition coefficient (Wildman–Crippen LogP) is -0.147. The first-order valence-electron chi connectivity index (χ1n) is 5.63. The Morgan fingerprint density at radius 2 is 2.26 bits per heavy atom. The summed E-state index contributed by atoms with van der Waals surface area (Å²) in [7, 11) is 1.87. The SMILES string of the molecule is CN1C=C2C=C(C(N)=O)NC3=C2C1C(N)=C(Cl)C3=N. The molecule has 1 atom stereocenters. The Morgan fingerprint density at radius 1 is 1.58 bits per heavy atom. The van der Waals surface area contributed by atoms with Gasteiger partial charge in [0.2, 0.25) is 0 Å². The van der Waals surface area contributed by atoms with E-state index in [4.69, 9.17) is 28.5 Å². The number of likely N-dealkylation sites (N-methyl/N-ethyl adjacent to an activating group) is 1. The quantitative estimate of drug-likeness (QED) is 0.535. The van der Waals surface area contributed by atoms with Crippen LogP contribution in [0.2, 0.25) is 0 Å². The maximum atomic E-state index is 11.3. The van der Waals surface area contributed by atoms with Crippen LogP contribution in [-0.2, 0) is 4.79 Å². The number of rotatable bonds is 1. The molecule has 7 heteroatoms. The van der Waals surface area contributed by atoms with E-state index in [0.29, 0.717) is 11.4 Å². The van der Waals surface area contributed by atoms with Crippen LogP contribution < -0.4 is 16.8 Å². The van der Waals surface area contributed by atoms with Crippen molar-refractivity contribution in [2.75, 3.05) is 7.05 Å². The predicted molar refractivity (Wildman–Crippen MR) is 71.9 cm³/mol. The number of nitrogens with one attached hydrogen (secondary N) is 2. The molecule has 0 saturated heterocycles. The van der Waals surface area contributed by atoms with Crippen molar-refractivity contribution in [1.29, 1.82) is 5.41 Å². The molecule has 0 bridgehead atoms. The second kappa shape index (κ2) is 3.64. The Hall–Kier alpha value is -2.21. The molecule has 1 amide bonds. The molecule has 6 N–H and O–H groups in total. The van der Waals surface area contributed by atoms with Crippen LogP contribution in [0.5, 0.6) is 0 Å². The molecule has 0 spiro atoms. The van der Waals surface area contributed by atoms with Crippen molar-refractivity contribution in [2.24, 2.45) is 11.5 Å². The summed E-state index contributed by atoms with van der Waals surface area (Å²) >= 11 is 6.09. The molecule has 2 heterocycles. The van der Waals surface area contributed by atoms with Gasteiger partial charge in [0, 0.05) is 24.4 Å². The van der Waals surface area contributed by atoms with Crippen molar-refractivity contribution in [1.82, 2.24) is 10.2 Å². The molecule has 3 rings (SSSR count). The Labute approximate surface area is 114 Å². The fourth-order valence-electron chi connectivity index (χ4n) is 2.59. The summed E-state index contributed by atoms with van der Waals surface area (Å²) in [5, 5.41) is 11.1. The van der Waals surface area contributed by atoms with Crippen LogP contribution >= 0.6 is 11.6 Å². The second-order valence-electron chi connectivity index (χ2n) is 4.63. The summed E-state index contributed by atoms with van der Waals surface area (Å²) in [6.45, 7) is 0. The van der Waals surface area contributed by atoms with Gasteiger partial charge in [0.25, 0.3) is 5.91 Å². The molecule has 1 unspecified atom stereocenters. The van der Waals surface area contributed by atoms with Crippen LogP contribution in [0.3, 0.4) is 0 Å². The summed E-state index contributed by atoms with van der Waals surface area (Å²) in [5.41, 5.74) is 14.2. The lowest BCUT2D eigenvalue weighted by Crippen LogP contribution is -2.41.